The number of halogens is 1. The molecular formula is C11H15ClO3. The highest BCUT2D eigenvalue weighted by Gasteiger charge is 2.08. The summed E-state index contributed by atoms with van der Waals surface area (Å²) in [6.45, 7) is 1.96. The summed E-state index contributed by atoms with van der Waals surface area (Å²) < 4.78 is 15.7. The molecule has 4 heteroatoms. The molecule has 15 heavy (non-hydrogen) atoms. The van der Waals surface area contributed by atoms with E-state index in [9.17, 15) is 0 Å². The Morgan fingerprint density at radius 1 is 1.20 bits per heavy atom. The Labute approximate surface area is 94.9 Å². The molecule has 3 nitrogen and oxygen atoms in total. The minimum absolute atomic E-state index is 0.317. The molecule has 0 aliphatic heterocycles. The third-order valence-electron chi connectivity index (χ3n) is 1.94. The molecule has 0 spiro atoms. The molecule has 0 heterocycles. The van der Waals surface area contributed by atoms with E-state index in [1.807, 2.05) is 6.92 Å². The summed E-state index contributed by atoms with van der Waals surface area (Å²) in [5, 5.41) is 0. The van der Waals surface area contributed by atoms with Crippen LogP contribution in [0, 0.1) is 0 Å². The van der Waals surface area contributed by atoms with Crippen LogP contribution in [0.3, 0.4) is 0 Å². The number of ether oxygens (including phenoxy) is 3. The molecule has 1 unspecified atom stereocenters. The molecule has 0 amide bonds. The molecule has 1 rings (SSSR count). The van der Waals surface area contributed by atoms with E-state index in [-0.39, 0.29) is 5.56 Å². The molecule has 0 saturated carbocycles. The monoisotopic (exact) mass is 230 g/mol. The van der Waals surface area contributed by atoms with Gasteiger partial charge in [-0.2, -0.15) is 0 Å². The van der Waals surface area contributed by atoms with E-state index in [1.165, 1.54) is 0 Å². The summed E-state index contributed by atoms with van der Waals surface area (Å²) in [6.07, 6.45) is 0.746. The van der Waals surface area contributed by atoms with E-state index in [0.717, 1.165) is 6.42 Å². The van der Waals surface area contributed by atoms with Crippen LogP contribution in [-0.2, 0) is 0 Å². The zero-order valence-corrected chi connectivity index (χ0v) is 9.88. The average Bonchev–Trinajstić information content (AvgIpc) is 2.28. The van der Waals surface area contributed by atoms with Gasteiger partial charge in [0.1, 0.15) is 5.75 Å². The van der Waals surface area contributed by atoms with Crippen molar-refractivity contribution in [3.63, 3.8) is 0 Å². The van der Waals surface area contributed by atoms with Crippen LogP contribution in [0.15, 0.2) is 18.2 Å². The summed E-state index contributed by atoms with van der Waals surface area (Å²) in [5.41, 5.74) is -0.317. The second-order valence-corrected chi connectivity index (χ2v) is 3.44. The molecule has 1 aromatic carbocycles. The van der Waals surface area contributed by atoms with Crippen LogP contribution in [0.2, 0.25) is 0 Å². The van der Waals surface area contributed by atoms with Gasteiger partial charge in [0.2, 0.25) is 0 Å². The first-order valence-corrected chi connectivity index (χ1v) is 5.17. The lowest BCUT2D eigenvalue weighted by molar-refractivity contribution is 0.273. The van der Waals surface area contributed by atoms with Gasteiger partial charge < -0.3 is 14.2 Å². The molecular weight excluding hydrogens is 216 g/mol. The van der Waals surface area contributed by atoms with Gasteiger partial charge in [0.15, 0.2) is 17.1 Å². The Kier molecular flexibility index (Phi) is 4.56. The van der Waals surface area contributed by atoms with Gasteiger partial charge in [-0.1, -0.05) is 18.5 Å². The quantitative estimate of drug-likeness (QED) is 0.728. The number of alkyl halides is 1. The molecule has 0 radical (unpaired) electrons. The lowest BCUT2D eigenvalue weighted by Gasteiger charge is -2.13. The van der Waals surface area contributed by atoms with Crippen LogP contribution < -0.4 is 14.2 Å². The van der Waals surface area contributed by atoms with Crippen molar-refractivity contribution in [1.29, 1.82) is 0 Å². The highest BCUT2D eigenvalue weighted by atomic mass is 35.5. The van der Waals surface area contributed by atoms with Crippen molar-refractivity contribution in [3.8, 4) is 17.2 Å². The first kappa shape index (κ1) is 12.0. The van der Waals surface area contributed by atoms with Crippen LogP contribution in [0.4, 0.5) is 0 Å². The van der Waals surface area contributed by atoms with Gasteiger partial charge in [0.25, 0.3) is 0 Å². The summed E-state index contributed by atoms with van der Waals surface area (Å²) in [5.74, 6) is 1.98. The maximum atomic E-state index is 5.87. The number of hydrogen-bond donors (Lipinski definition) is 0. The van der Waals surface area contributed by atoms with E-state index in [2.05, 4.69) is 0 Å². The normalized spacial score (nSPS) is 12.0. The fourth-order valence-corrected chi connectivity index (χ4v) is 1.22. The second-order valence-electron chi connectivity index (χ2n) is 2.95. The van der Waals surface area contributed by atoms with Gasteiger partial charge in [-0.15, -0.1) is 0 Å². The van der Waals surface area contributed by atoms with Crippen molar-refractivity contribution in [2.24, 2.45) is 0 Å². The molecule has 1 atom stereocenters. The smallest absolute Gasteiger partial charge is 0.171 e. The SMILES string of the molecule is CCC(Cl)Oc1ccc(OC)c(OC)c1. The minimum atomic E-state index is -0.317. The Morgan fingerprint density at radius 3 is 2.40 bits per heavy atom. The van der Waals surface area contributed by atoms with E-state index < -0.39 is 0 Å². The first-order valence-electron chi connectivity index (χ1n) is 4.74. The molecule has 1 aromatic rings. The topological polar surface area (TPSA) is 27.7 Å². The van der Waals surface area contributed by atoms with Crippen molar-refractivity contribution >= 4 is 11.6 Å². The summed E-state index contributed by atoms with van der Waals surface area (Å²) in [6, 6.07) is 5.34. The maximum absolute atomic E-state index is 5.87. The highest BCUT2D eigenvalue weighted by molar-refractivity contribution is 6.19. The number of methoxy groups -OCH3 is 2. The third kappa shape index (κ3) is 3.20. The Hall–Kier alpha value is -1.09. The second kappa shape index (κ2) is 5.71. The van der Waals surface area contributed by atoms with Gasteiger partial charge in [-0.05, 0) is 18.6 Å². The lowest BCUT2D eigenvalue weighted by Crippen LogP contribution is -2.06. The van der Waals surface area contributed by atoms with Crippen molar-refractivity contribution < 1.29 is 14.2 Å². The zero-order chi connectivity index (χ0) is 11.3. The van der Waals surface area contributed by atoms with Gasteiger partial charge in [0.05, 0.1) is 14.2 Å². The summed E-state index contributed by atoms with van der Waals surface area (Å²) in [4.78, 5) is 0. The van der Waals surface area contributed by atoms with Gasteiger partial charge in [-0.25, -0.2) is 0 Å². The molecule has 0 saturated heterocycles. The predicted octanol–water partition coefficient (Wildman–Crippen LogP) is 3.06. The molecule has 0 aromatic heterocycles. The third-order valence-corrected chi connectivity index (χ3v) is 2.34. The van der Waals surface area contributed by atoms with Gasteiger partial charge in [0, 0.05) is 6.07 Å². The fourth-order valence-electron chi connectivity index (χ4n) is 1.12. The molecule has 0 fully saturated rings. The standard InChI is InChI=1S/C11H15ClO3/c1-4-11(12)15-8-5-6-9(13-2)10(7-8)14-3/h5-7,11H,4H2,1-3H3. The number of benzene rings is 1. The number of hydrogen-bond acceptors (Lipinski definition) is 3. The largest absolute Gasteiger partial charge is 0.493 e. The zero-order valence-electron chi connectivity index (χ0n) is 9.12. The average molecular weight is 231 g/mol. The van der Waals surface area contributed by atoms with Crippen LogP contribution in [0.5, 0.6) is 17.2 Å². The van der Waals surface area contributed by atoms with Crippen molar-refractivity contribution in [1.82, 2.24) is 0 Å². The molecule has 0 aliphatic carbocycles. The van der Waals surface area contributed by atoms with E-state index in [4.69, 9.17) is 25.8 Å². The fraction of sp³-hybridized carbons (Fsp3) is 0.455. The van der Waals surface area contributed by atoms with E-state index in [1.54, 1.807) is 32.4 Å². The molecule has 84 valence electrons. The first-order chi connectivity index (χ1) is 7.21. The Bertz CT molecular complexity index is 315. The highest BCUT2D eigenvalue weighted by Crippen LogP contribution is 2.31. The van der Waals surface area contributed by atoms with Crippen LogP contribution in [0.1, 0.15) is 13.3 Å². The van der Waals surface area contributed by atoms with E-state index in [0.29, 0.717) is 17.2 Å². The van der Waals surface area contributed by atoms with Crippen molar-refractivity contribution in [2.45, 2.75) is 18.9 Å². The van der Waals surface area contributed by atoms with Crippen LogP contribution in [0.25, 0.3) is 0 Å². The lowest BCUT2D eigenvalue weighted by atomic mass is 10.3. The maximum Gasteiger partial charge on any atom is 0.171 e. The minimum Gasteiger partial charge on any atom is -0.493 e. The Balaban J connectivity index is 2.83. The summed E-state index contributed by atoms with van der Waals surface area (Å²) >= 11 is 5.87. The van der Waals surface area contributed by atoms with Crippen molar-refractivity contribution in [3.05, 3.63) is 18.2 Å². The molecule has 0 N–H and O–H groups in total. The Morgan fingerprint density at radius 2 is 1.87 bits per heavy atom. The summed E-state index contributed by atoms with van der Waals surface area (Å²) in [7, 11) is 3.18. The van der Waals surface area contributed by atoms with Gasteiger partial charge in [-0.3, -0.25) is 0 Å². The van der Waals surface area contributed by atoms with Gasteiger partial charge >= 0.3 is 0 Å². The molecule has 0 aliphatic rings. The predicted molar refractivity (Wildman–Crippen MR) is 60.1 cm³/mol. The van der Waals surface area contributed by atoms with Crippen LogP contribution >= 0.6 is 11.6 Å². The number of rotatable bonds is 5. The molecule has 0 bridgehead atoms. The van der Waals surface area contributed by atoms with Crippen LogP contribution in [-0.4, -0.2) is 19.8 Å². The van der Waals surface area contributed by atoms with E-state index >= 15 is 0 Å². The van der Waals surface area contributed by atoms with Crippen molar-refractivity contribution in [2.75, 3.05) is 14.2 Å².